The number of ether oxygens (including phenoxy) is 4. The van der Waals surface area contributed by atoms with Gasteiger partial charge in [0.05, 0.1) is 14.2 Å². The topological polar surface area (TPSA) is 36.9 Å². The van der Waals surface area contributed by atoms with E-state index >= 15 is 0 Å². The number of rotatable bonds is 12. The van der Waals surface area contributed by atoms with E-state index in [2.05, 4.69) is 49.6 Å². The average Bonchev–Trinajstić information content (AvgIpc) is 2.89. The van der Waals surface area contributed by atoms with Gasteiger partial charge in [-0.25, -0.2) is 0 Å². The number of methoxy groups -OCH3 is 2. The third-order valence-corrected chi connectivity index (χ3v) is 4.96. The van der Waals surface area contributed by atoms with E-state index in [-0.39, 0.29) is 0 Å². The minimum atomic E-state index is 0.440. The third-order valence-electron chi connectivity index (χ3n) is 4.96. The van der Waals surface area contributed by atoms with E-state index in [4.69, 9.17) is 18.9 Å². The first kappa shape index (κ1) is 24.5. The van der Waals surface area contributed by atoms with Gasteiger partial charge in [-0.2, -0.15) is 0 Å². The van der Waals surface area contributed by atoms with Crippen molar-refractivity contribution in [2.24, 2.45) is 0 Å². The molecule has 0 radical (unpaired) electrons. The molecule has 0 saturated heterocycles. The fourth-order valence-electron chi connectivity index (χ4n) is 3.21. The third kappa shape index (κ3) is 6.91. The largest absolute Gasteiger partial charge is 0.493 e. The zero-order valence-corrected chi connectivity index (χ0v) is 19.7. The van der Waals surface area contributed by atoms with Gasteiger partial charge in [-0.3, -0.25) is 0 Å². The minimum Gasteiger partial charge on any atom is -0.493 e. The Hall–Kier alpha value is -4.18. The van der Waals surface area contributed by atoms with Gasteiger partial charge in [0.1, 0.15) is 13.2 Å². The van der Waals surface area contributed by atoms with Gasteiger partial charge in [0, 0.05) is 0 Å². The molecule has 3 aromatic carbocycles. The lowest BCUT2D eigenvalue weighted by Crippen LogP contribution is -1.96. The molecule has 3 aromatic rings. The fraction of sp³-hybridized carbons (Fsp3) is 0.133. The SMILES string of the molecule is C=CCOc1ccc(/C=C/c2ccc(/C=C/c3ccc(OCC=C)c(OC)c3)cc2)cc1OC. The molecule has 0 spiro atoms. The highest BCUT2D eigenvalue weighted by atomic mass is 16.5. The maximum atomic E-state index is 5.61. The molecule has 0 bridgehead atoms. The van der Waals surface area contributed by atoms with Gasteiger partial charge in [0.2, 0.25) is 0 Å². The molecule has 0 aliphatic heterocycles. The fourth-order valence-corrected chi connectivity index (χ4v) is 3.21. The number of benzene rings is 3. The van der Waals surface area contributed by atoms with Crippen molar-refractivity contribution >= 4 is 24.3 Å². The van der Waals surface area contributed by atoms with Crippen LogP contribution in [0.1, 0.15) is 22.3 Å². The summed E-state index contributed by atoms with van der Waals surface area (Å²) < 4.78 is 22.1. The molecule has 0 aromatic heterocycles. The van der Waals surface area contributed by atoms with Gasteiger partial charge in [-0.1, -0.05) is 86.0 Å². The molecule has 0 amide bonds. The van der Waals surface area contributed by atoms with Crippen molar-refractivity contribution in [3.8, 4) is 23.0 Å². The summed E-state index contributed by atoms with van der Waals surface area (Å²) in [5.74, 6) is 2.79. The van der Waals surface area contributed by atoms with E-state index in [9.17, 15) is 0 Å². The Morgan fingerprint density at radius 2 is 0.882 bits per heavy atom. The molecule has 3 rings (SSSR count). The molecular weight excluding hydrogens is 424 g/mol. The number of hydrogen-bond acceptors (Lipinski definition) is 4. The molecule has 0 aliphatic rings. The summed E-state index contributed by atoms with van der Waals surface area (Å²) in [5.41, 5.74) is 4.27. The first-order chi connectivity index (χ1) is 16.7. The molecule has 4 heteroatoms. The van der Waals surface area contributed by atoms with Gasteiger partial charge in [0.15, 0.2) is 23.0 Å². The van der Waals surface area contributed by atoms with Crippen LogP contribution in [-0.4, -0.2) is 27.4 Å². The van der Waals surface area contributed by atoms with Crippen molar-refractivity contribution in [1.82, 2.24) is 0 Å². The van der Waals surface area contributed by atoms with Crippen LogP contribution in [-0.2, 0) is 0 Å². The molecule has 0 heterocycles. The first-order valence-corrected chi connectivity index (χ1v) is 11.0. The predicted octanol–water partition coefficient (Wildman–Crippen LogP) is 7.17. The Bertz CT molecular complexity index is 1060. The summed E-state index contributed by atoms with van der Waals surface area (Å²) in [6.45, 7) is 8.22. The predicted molar refractivity (Wildman–Crippen MR) is 142 cm³/mol. The standard InChI is InChI=1S/C30H30O4/c1-5-19-33-27-17-15-25(21-29(27)31-3)13-11-23-7-9-24(10-8-23)12-14-26-16-18-28(34-20-6-2)30(22-26)32-4/h5-18,21-22H,1-2,19-20H2,3-4H3/b13-11+,14-12+. The maximum absolute atomic E-state index is 5.61. The van der Waals surface area contributed by atoms with Crippen molar-refractivity contribution in [1.29, 1.82) is 0 Å². The van der Waals surface area contributed by atoms with Crippen LogP contribution >= 0.6 is 0 Å². The summed E-state index contributed by atoms with van der Waals surface area (Å²) in [5, 5.41) is 0. The van der Waals surface area contributed by atoms with E-state index in [0.29, 0.717) is 36.2 Å². The molecule has 0 aliphatic carbocycles. The quantitative estimate of drug-likeness (QED) is 0.215. The van der Waals surface area contributed by atoms with E-state index in [1.54, 1.807) is 26.4 Å². The van der Waals surface area contributed by atoms with Gasteiger partial charge in [-0.05, 0) is 46.5 Å². The molecule has 0 unspecified atom stereocenters. The lowest BCUT2D eigenvalue weighted by molar-refractivity contribution is 0.326. The minimum absolute atomic E-state index is 0.440. The van der Waals surface area contributed by atoms with Crippen LogP contribution in [0.3, 0.4) is 0 Å². The summed E-state index contributed by atoms with van der Waals surface area (Å²) in [4.78, 5) is 0. The van der Waals surface area contributed by atoms with Gasteiger partial charge in [0.25, 0.3) is 0 Å². The van der Waals surface area contributed by atoms with Crippen LogP contribution in [0.5, 0.6) is 23.0 Å². The zero-order chi connectivity index (χ0) is 24.2. The normalized spacial score (nSPS) is 10.9. The van der Waals surface area contributed by atoms with E-state index in [0.717, 1.165) is 22.3 Å². The Balaban J connectivity index is 1.66. The van der Waals surface area contributed by atoms with E-state index in [1.165, 1.54) is 0 Å². The summed E-state index contributed by atoms with van der Waals surface area (Å²) in [6.07, 6.45) is 11.6. The molecule has 0 N–H and O–H groups in total. The van der Waals surface area contributed by atoms with Crippen LogP contribution < -0.4 is 18.9 Å². The van der Waals surface area contributed by atoms with E-state index in [1.807, 2.05) is 48.6 Å². The van der Waals surface area contributed by atoms with Crippen LogP contribution in [0, 0.1) is 0 Å². The number of hydrogen-bond donors (Lipinski definition) is 0. The maximum Gasteiger partial charge on any atom is 0.161 e. The van der Waals surface area contributed by atoms with Crippen LogP contribution in [0.2, 0.25) is 0 Å². The van der Waals surface area contributed by atoms with Crippen LogP contribution in [0.4, 0.5) is 0 Å². The second-order valence-electron chi connectivity index (χ2n) is 7.35. The highest BCUT2D eigenvalue weighted by molar-refractivity contribution is 5.74. The second kappa shape index (κ2) is 12.8. The van der Waals surface area contributed by atoms with Crippen molar-refractivity contribution < 1.29 is 18.9 Å². The van der Waals surface area contributed by atoms with Crippen molar-refractivity contribution in [3.63, 3.8) is 0 Å². The lowest BCUT2D eigenvalue weighted by atomic mass is 10.1. The average molecular weight is 455 g/mol. The van der Waals surface area contributed by atoms with Crippen LogP contribution in [0.25, 0.3) is 24.3 Å². The van der Waals surface area contributed by atoms with Crippen molar-refractivity contribution in [2.75, 3.05) is 27.4 Å². The molecular formula is C30H30O4. The Morgan fingerprint density at radius 3 is 1.24 bits per heavy atom. The summed E-state index contributed by atoms with van der Waals surface area (Å²) >= 11 is 0. The summed E-state index contributed by atoms with van der Waals surface area (Å²) in [7, 11) is 3.27. The van der Waals surface area contributed by atoms with Crippen molar-refractivity contribution in [2.45, 2.75) is 0 Å². The Labute approximate surface area is 202 Å². The van der Waals surface area contributed by atoms with Gasteiger partial charge >= 0.3 is 0 Å². The second-order valence-corrected chi connectivity index (χ2v) is 7.35. The van der Waals surface area contributed by atoms with Gasteiger partial charge < -0.3 is 18.9 Å². The molecule has 0 atom stereocenters. The molecule has 0 fully saturated rings. The molecule has 174 valence electrons. The molecule has 34 heavy (non-hydrogen) atoms. The molecule has 0 saturated carbocycles. The lowest BCUT2D eigenvalue weighted by Gasteiger charge is -2.09. The highest BCUT2D eigenvalue weighted by Gasteiger charge is 2.05. The Morgan fingerprint density at radius 1 is 0.529 bits per heavy atom. The highest BCUT2D eigenvalue weighted by Crippen LogP contribution is 2.30. The van der Waals surface area contributed by atoms with Crippen LogP contribution in [0.15, 0.2) is 86.0 Å². The monoisotopic (exact) mass is 454 g/mol. The zero-order valence-electron chi connectivity index (χ0n) is 19.7. The summed E-state index contributed by atoms with van der Waals surface area (Å²) in [6, 6.07) is 20.0. The van der Waals surface area contributed by atoms with Crippen molar-refractivity contribution in [3.05, 3.63) is 108 Å². The van der Waals surface area contributed by atoms with Gasteiger partial charge in [-0.15, -0.1) is 0 Å². The van der Waals surface area contributed by atoms with E-state index < -0.39 is 0 Å². The Kier molecular flexibility index (Phi) is 9.18. The smallest absolute Gasteiger partial charge is 0.161 e. The molecule has 4 nitrogen and oxygen atoms in total. The first-order valence-electron chi connectivity index (χ1n) is 11.0.